The molecule has 3 aromatic carbocycles. The van der Waals surface area contributed by atoms with Crippen LogP contribution in [0.15, 0.2) is 78.9 Å². The monoisotopic (exact) mass is 386 g/mol. The van der Waals surface area contributed by atoms with Gasteiger partial charge in [0, 0.05) is 11.4 Å². The molecule has 1 fully saturated rings. The van der Waals surface area contributed by atoms with Crippen LogP contribution in [0.25, 0.3) is 0 Å². The summed E-state index contributed by atoms with van der Waals surface area (Å²) in [6.07, 6.45) is 0.568. The van der Waals surface area contributed by atoms with Gasteiger partial charge in [0.05, 0.1) is 11.8 Å². The lowest BCUT2D eigenvalue weighted by atomic mass is 10.2. The number of nitrogens with one attached hydrogen (secondary N) is 2. The molecule has 2 N–H and O–H groups in total. The number of benzene rings is 3. The van der Waals surface area contributed by atoms with Gasteiger partial charge in [-0.05, 0) is 61.9 Å². The van der Waals surface area contributed by atoms with Crippen LogP contribution in [-0.2, 0) is 9.59 Å². The van der Waals surface area contributed by atoms with Gasteiger partial charge < -0.3 is 15.4 Å². The molecule has 3 aromatic rings. The molecule has 0 saturated heterocycles. The molecule has 146 valence electrons. The van der Waals surface area contributed by atoms with E-state index in [2.05, 4.69) is 10.6 Å². The van der Waals surface area contributed by atoms with E-state index >= 15 is 0 Å². The Balaban J connectivity index is 1.28. The van der Waals surface area contributed by atoms with Gasteiger partial charge in [0.2, 0.25) is 11.8 Å². The highest BCUT2D eigenvalue weighted by Gasteiger charge is 2.48. The molecule has 29 heavy (non-hydrogen) atoms. The Hall–Kier alpha value is -3.60. The van der Waals surface area contributed by atoms with Crippen molar-refractivity contribution in [2.75, 3.05) is 10.6 Å². The zero-order chi connectivity index (χ0) is 20.2. The summed E-state index contributed by atoms with van der Waals surface area (Å²) in [7, 11) is 0. The standard InChI is InChI=1S/C24H22N2O3/c1-16-7-9-17(10-8-16)25-23(27)21-15-22(21)24(28)26-18-11-13-20(14-12-18)29-19-5-3-2-4-6-19/h2-14,21-22H,15H2,1H3,(H,25,27)(H,26,28). The highest BCUT2D eigenvalue weighted by Crippen LogP contribution is 2.40. The number of para-hydroxylation sites is 1. The van der Waals surface area contributed by atoms with Gasteiger partial charge in [-0.2, -0.15) is 0 Å². The largest absolute Gasteiger partial charge is 0.457 e. The van der Waals surface area contributed by atoms with Crippen molar-refractivity contribution >= 4 is 23.2 Å². The van der Waals surface area contributed by atoms with Gasteiger partial charge in [-0.1, -0.05) is 35.9 Å². The summed E-state index contributed by atoms with van der Waals surface area (Å²) in [5.74, 6) is 0.629. The summed E-state index contributed by atoms with van der Waals surface area (Å²) in [5.41, 5.74) is 2.56. The van der Waals surface area contributed by atoms with Crippen molar-refractivity contribution in [2.24, 2.45) is 11.8 Å². The van der Waals surface area contributed by atoms with Crippen LogP contribution in [0.5, 0.6) is 11.5 Å². The summed E-state index contributed by atoms with van der Waals surface area (Å²) in [4.78, 5) is 24.8. The van der Waals surface area contributed by atoms with Crippen molar-refractivity contribution in [3.63, 3.8) is 0 Å². The number of aryl methyl sites for hydroxylation is 1. The molecule has 0 spiro atoms. The Morgan fingerprint density at radius 2 is 1.21 bits per heavy atom. The zero-order valence-corrected chi connectivity index (χ0v) is 16.1. The lowest BCUT2D eigenvalue weighted by Crippen LogP contribution is -2.20. The predicted octanol–water partition coefficient (Wildman–Crippen LogP) is 5.00. The minimum Gasteiger partial charge on any atom is -0.457 e. The molecule has 5 nitrogen and oxygen atoms in total. The van der Waals surface area contributed by atoms with E-state index in [4.69, 9.17) is 4.74 Å². The first-order chi connectivity index (χ1) is 14.1. The molecule has 4 rings (SSSR count). The Labute approximate surface area is 169 Å². The van der Waals surface area contributed by atoms with E-state index in [1.807, 2.05) is 61.5 Å². The normalized spacial score (nSPS) is 17.3. The molecule has 0 aliphatic heterocycles. The van der Waals surface area contributed by atoms with Gasteiger partial charge in [-0.25, -0.2) is 0 Å². The van der Waals surface area contributed by atoms with E-state index in [0.29, 0.717) is 17.9 Å². The van der Waals surface area contributed by atoms with E-state index in [1.165, 1.54) is 0 Å². The van der Waals surface area contributed by atoms with Crippen LogP contribution in [0.1, 0.15) is 12.0 Å². The Morgan fingerprint density at radius 3 is 1.76 bits per heavy atom. The number of anilines is 2. The van der Waals surface area contributed by atoms with Gasteiger partial charge in [-0.15, -0.1) is 0 Å². The Kier molecular flexibility index (Phi) is 5.29. The molecule has 0 bridgehead atoms. The van der Waals surface area contributed by atoms with E-state index < -0.39 is 0 Å². The maximum atomic E-state index is 12.4. The smallest absolute Gasteiger partial charge is 0.228 e. The number of rotatable bonds is 6. The number of carbonyl (C=O) groups is 2. The van der Waals surface area contributed by atoms with E-state index in [-0.39, 0.29) is 23.7 Å². The van der Waals surface area contributed by atoms with Crippen LogP contribution < -0.4 is 15.4 Å². The van der Waals surface area contributed by atoms with E-state index in [0.717, 1.165) is 17.0 Å². The van der Waals surface area contributed by atoms with Crippen molar-refractivity contribution in [1.29, 1.82) is 0 Å². The lowest BCUT2D eigenvalue weighted by Gasteiger charge is -2.08. The molecule has 5 heteroatoms. The van der Waals surface area contributed by atoms with Crippen LogP contribution in [0.2, 0.25) is 0 Å². The SMILES string of the molecule is Cc1ccc(NC(=O)C2CC2C(=O)Nc2ccc(Oc3ccccc3)cc2)cc1. The number of hydrogen-bond acceptors (Lipinski definition) is 3. The minimum absolute atomic E-state index is 0.111. The maximum Gasteiger partial charge on any atom is 0.228 e. The Bertz CT molecular complexity index is 999. The van der Waals surface area contributed by atoms with E-state index in [9.17, 15) is 9.59 Å². The van der Waals surface area contributed by atoms with Gasteiger partial charge in [0.15, 0.2) is 0 Å². The first kappa shape index (κ1) is 18.7. The molecule has 0 radical (unpaired) electrons. The van der Waals surface area contributed by atoms with Crippen molar-refractivity contribution in [3.05, 3.63) is 84.4 Å². The second-order valence-electron chi connectivity index (χ2n) is 7.23. The fourth-order valence-electron chi connectivity index (χ4n) is 3.11. The number of hydrogen-bond donors (Lipinski definition) is 2. The number of carbonyl (C=O) groups excluding carboxylic acids is 2. The fraction of sp³-hybridized carbons (Fsp3) is 0.167. The average Bonchev–Trinajstić information content (AvgIpc) is 3.53. The van der Waals surface area contributed by atoms with Gasteiger partial charge in [-0.3, -0.25) is 9.59 Å². The summed E-state index contributed by atoms with van der Waals surface area (Å²) in [6, 6.07) is 24.3. The third-order valence-corrected chi connectivity index (χ3v) is 4.88. The first-order valence-electron chi connectivity index (χ1n) is 9.60. The molecule has 2 atom stereocenters. The van der Waals surface area contributed by atoms with Gasteiger partial charge in [0.25, 0.3) is 0 Å². The van der Waals surface area contributed by atoms with Crippen molar-refractivity contribution in [2.45, 2.75) is 13.3 Å². The highest BCUT2D eigenvalue weighted by atomic mass is 16.5. The van der Waals surface area contributed by atoms with Crippen LogP contribution in [-0.4, -0.2) is 11.8 Å². The molecule has 1 aliphatic carbocycles. The number of ether oxygens (including phenoxy) is 1. The second kappa shape index (κ2) is 8.19. The third-order valence-electron chi connectivity index (χ3n) is 4.88. The zero-order valence-electron chi connectivity index (χ0n) is 16.1. The third kappa shape index (κ3) is 4.82. The van der Waals surface area contributed by atoms with Crippen LogP contribution in [0.3, 0.4) is 0 Å². The Morgan fingerprint density at radius 1 is 0.724 bits per heavy atom. The molecule has 1 saturated carbocycles. The fourth-order valence-corrected chi connectivity index (χ4v) is 3.11. The molecular formula is C24H22N2O3. The van der Waals surface area contributed by atoms with Crippen molar-refractivity contribution in [3.8, 4) is 11.5 Å². The summed E-state index contributed by atoms with van der Waals surface area (Å²) >= 11 is 0. The maximum absolute atomic E-state index is 12.4. The van der Waals surface area contributed by atoms with Gasteiger partial charge in [0.1, 0.15) is 11.5 Å². The first-order valence-corrected chi connectivity index (χ1v) is 9.60. The minimum atomic E-state index is -0.291. The molecular weight excluding hydrogens is 364 g/mol. The van der Waals surface area contributed by atoms with Crippen LogP contribution in [0.4, 0.5) is 11.4 Å². The topological polar surface area (TPSA) is 67.4 Å². The van der Waals surface area contributed by atoms with Crippen LogP contribution >= 0.6 is 0 Å². The quantitative estimate of drug-likeness (QED) is 0.626. The lowest BCUT2D eigenvalue weighted by molar-refractivity contribution is -0.122. The van der Waals surface area contributed by atoms with Crippen molar-refractivity contribution < 1.29 is 14.3 Å². The average molecular weight is 386 g/mol. The highest BCUT2D eigenvalue weighted by molar-refractivity contribution is 6.03. The molecule has 0 heterocycles. The van der Waals surface area contributed by atoms with Crippen molar-refractivity contribution in [1.82, 2.24) is 0 Å². The molecule has 2 amide bonds. The van der Waals surface area contributed by atoms with E-state index in [1.54, 1.807) is 24.3 Å². The second-order valence-corrected chi connectivity index (χ2v) is 7.23. The molecule has 1 aliphatic rings. The molecule has 2 unspecified atom stereocenters. The molecule has 0 aromatic heterocycles. The predicted molar refractivity (Wildman–Crippen MR) is 113 cm³/mol. The van der Waals surface area contributed by atoms with Crippen LogP contribution in [0, 0.1) is 18.8 Å². The summed E-state index contributed by atoms with van der Waals surface area (Å²) < 4.78 is 5.74. The van der Waals surface area contributed by atoms with Gasteiger partial charge >= 0.3 is 0 Å². The summed E-state index contributed by atoms with van der Waals surface area (Å²) in [6.45, 7) is 1.99. The summed E-state index contributed by atoms with van der Waals surface area (Å²) in [5, 5.41) is 5.75. The number of amides is 2.